The lowest BCUT2D eigenvalue weighted by atomic mass is 10.1. The Labute approximate surface area is 92.5 Å². The maximum absolute atomic E-state index is 11.1. The maximum atomic E-state index is 11.1. The minimum absolute atomic E-state index is 0.0672. The van der Waals surface area contributed by atoms with Gasteiger partial charge in [-0.3, -0.25) is 0 Å². The van der Waals surface area contributed by atoms with Crippen LogP contribution in [-0.4, -0.2) is 18.2 Å². The Balaban J connectivity index is 2.54. The summed E-state index contributed by atoms with van der Waals surface area (Å²) in [5, 5.41) is 13.4. The van der Waals surface area contributed by atoms with E-state index in [0.717, 1.165) is 10.8 Å². The summed E-state index contributed by atoms with van der Waals surface area (Å²) in [5.74, 6) is 0.410. The number of fused-ring (bicyclic) bond motifs is 1. The normalized spacial score (nSPS) is 10.1. The lowest BCUT2D eigenvalue weighted by molar-refractivity contribution is 0.203. The van der Waals surface area contributed by atoms with Crippen LogP contribution in [0.25, 0.3) is 10.8 Å². The van der Waals surface area contributed by atoms with Gasteiger partial charge in [-0.05, 0) is 11.5 Å². The van der Waals surface area contributed by atoms with Crippen LogP contribution in [0, 0.1) is 0 Å². The van der Waals surface area contributed by atoms with E-state index in [1.165, 1.54) is 13.1 Å². The molecule has 0 aliphatic carbocycles. The monoisotopic (exact) mass is 217 g/mol. The van der Waals surface area contributed by atoms with Crippen LogP contribution in [0.5, 0.6) is 11.5 Å². The van der Waals surface area contributed by atoms with Gasteiger partial charge in [0.25, 0.3) is 0 Å². The van der Waals surface area contributed by atoms with E-state index >= 15 is 0 Å². The Bertz CT molecular complexity index is 537. The van der Waals surface area contributed by atoms with Crippen molar-refractivity contribution in [2.75, 3.05) is 7.05 Å². The van der Waals surface area contributed by atoms with Gasteiger partial charge in [-0.25, -0.2) is 4.79 Å². The SMILES string of the molecule is CNC(=O)Oc1cc(O)cc2ccccc12. The first kappa shape index (κ1) is 10.3. The van der Waals surface area contributed by atoms with E-state index in [1.807, 2.05) is 24.3 Å². The molecular weight excluding hydrogens is 206 g/mol. The molecule has 0 spiro atoms. The number of aromatic hydroxyl groups is 1. The number of benzene rings is 2. The summed E-state index contributed by atoms with van der Waals surface area (Å²) in [5.41, 5.74) is 0. The number of nitrogens with one attached hydrogen (secondary N) is 1. The zero-order chi connectivity index (χ0) is 11.5. The van der Waals surface area contributed by atoms with Gasteiger partial charge in [-0.15, -0.1) is 0 Å². The number of carbonyl (C=O) groups is 1. The van der Waals surface area contributed by atoms with Gasteiger partial charge in [-0.1, -0.05) is 24.3 Å². The number of hydrogen-bond acceptors (Lipinski definition) is 3. The van der Waals surface area contributed by atoms with Crippen molar-refractivity contribution in [1.29, 1.82) is 0 Å². The Kier molecular flexibility index (Phi) is 2.64. The Morgan fingerprint density at radius 1 is 1.31 bits per heavy atom. The van der Waals surface area contributed by atoms with Crippen LogP contribution in [0.4, 0.5) is 4.79 Å². The average molecular weight is 217 g/mol. The van der Waals surface area contributed by atoms with Crippen LogP contribution in [0.15, 0.2) is 36.4 Å². The van der Waals surface area contributed by atoms with Gasteiger partial charge >= 0.3 is 6.09 Å². The van der Waals surface area contributed by atoms with Crippen molar-refractivity contribution in [1.82, 2.24) is 5.32 Å². The quantitative estimate of drug-likeness (QED) is 0.770. The molecule has 0 saturated carbocycles. The number of hydrogen-bond donors (Lipinski definition) is 2. The first-order valence-corrected chi connectivity index (χ1v) is 4.82. The number of ether oxygens (including phenoxy) is 1. The molecule has 82 valence electrons. The minimum Gasteiger partial charge on any atom is -0.508 e. The highest BCUT2D eigenvalue weighted by atomic mass is 16.6. The van der Waals surface area contributed by atoms with Gasteiger partial charge in [0.05, 0.1) is 0 Å². The van der Waals surface area contributed by atoms with Crippen LogP contribution in [-0.2, 0) is 0 Å². The molecule has 16 heavy (non-hydrogen) atoms. The molecule has 4 heteroatoms. The highest BCUT2D eigenvalue weighted by molar-refractivity contribution is 5.91. The maximum Gasteiger partial charge on any atom is 0.412 e. The van der Waals surface area contributed by atoms with E-state index in [9.17, 15) is 9.90 Å². The van der Waals surface area contributed by atoms with Gasteiger partial charge in [0.15, 0.2) is 0 Å². The summed E-state index contributed by atoms with van der Waals surface area (Å²) in [7, 11) is 1.48. The summed E-state index contributed by atoms with van der Waals surface area (Å²) >= 11 is 0. The average Bonchev–Trinajstić information content (AvgIpc) is 2.28. The van der Waals surface area contributed by atoms with Crippen LogP contribution in [0.2, 0.25) is 0 Å². The number of carbonyl (C=O) groups excluding carboxylic acids is 1. The van der Waals surface area contributed by atoms with Crippen LogP contribution < -0.4 is 10.1 Å². The highest BCUT2D eigenvalue weighted by Gasteiger charge is 2.07. The molecule has 2 aromatic carbocycles. The standard InChI is InChI=1S/C12H11NO3/c1-13-12(15)16-11-7-9(14)6-8-4-2-3-5-10(8)11/h2-7,14H,1H3,(H,13,15). The van der Waals surface area contributed by atoms with Crippen LogP contribution >= 0.6 is 0 Å². The molecule has 2 rings (SSSR count). The van der Waals surface area contributed by atoms with E-state index in [1.54, 1.807) is 6.07 Å². The summed E-state index contributed by atoms with van der Waals surface area (Å²) in [4.78, 5) is 11.1. The van der Waals surface area contributed by atoms with E-state index in [-0.39, 0.29) is 5.75 Å². The van der Waals surface area contributed by atoms with Crippen molar-refractivity contribution in [2.45, 2.75) is 0 Å². The largest absolute Gasteiger partial charge is 0.508 e. The summed E-state index contributed by atoms with van der Waals surface area (Å²) in [6.07, 6.45) is -0.559. The second-order valence-corrected chi connectivity index (χ2v) is 3.30. The molecule has 2 N–H and O–H groups in total. The van der Waals surface area contributed by atoms with Gasteiger partial charge < -0.3 is 15.2 Å². The molecule has 2 aromatic rings. The second kappa shape index (κ2) is 4.10. The third-order valence-electron chi connectivity index (χ3n) is 2.22. The minimum atomic E-state index is -0.559. The third-order valence-corrected chi connectivity index (χ3v) is 2.22. The summed E-state index contributed by atoms with van der Waals surface area (Å²) < 4.78 is 5.05. The predicted octanol–water partition coefficient (Wildman–Crippen LogP) is 2.26. The van der Waals surface area contributed by atoms with Crippen molar-refractivity contribution in [2.24, 2.45) is 0 Å². The zero-order valence-electron chi connectivity index (χ0n) is 8.73. The van der Waals surface area contributed by atoms with Crippen molar-refractivity contribution < 1.29 is 14.6 Å². The Morgan fingerprint density at radius 3 is 2.81 bits per heavy atom. The van der Waals surface area contributed by atoms with E-state index in [0.29, 0.717) is 5.75 Å². The molecule has 0 radical (unpaired) electrons. The fraction of sp³-hybridized carbons (Fsp3) is 0.0833. The smallest absolute Gasteiger partial charge is 0.412 e. The van der Waals surface area contributed by atoms with E-state index in [4.69, 9.17) is 4.74 Å². The highest BCUT2D eigenvalue weighted by Crippen LogP contribution is 2.30. The lowest BCUT2D eigenvalue weighted by Gasteiger charge is -2.07. The molecule has 1 amide bonds. The molecule has 0 aromatic heterocycles. The molecule has 0 bridgehead atoms. The van der Waals surface area contributed by atoms with Gasteiger partial charge in [0, 0.05) is 18.5 Å². The molecule has 4 nitrogen and oxygen atoms in total. The second-order valence-electron chi connectivity index (χ2n) is 3.30. The molecular formula is C12H11NO3. The van der Waals surface area contributed by atoms with Crippen molar-refractivity contribution in [3.63, 3.8) is 0 Å². The Morgan fingerprint density at radius 2 is 2.06 bits per heavy atom. The zero-order valence-corrected chi connectivity index (χ0v) is 8.73. The predicted molar refractivity (Wildman–Crippen MR) is 60.7 cm³/mol. The van der Waals surface area contributed by atoms with Gasteiger partial charge in [0.1, 0.15) is 11.5 Å². The van der Waals surface area contributed by atoms with Crippen molar-refractivity contribution in [3.05, 3.63) is 36.4 Å². The molecule has 0 unspecified atom stereocenters. The molecule has 0 aliphatic heterocycles. The first-order valence-electron chi connectivity index (χ1n) is 4.82. The summed E-state index contributed by atoms with van der Waals surface area (Å²) in [6, 6.07) is 10.4. The van der Waals surface area contributed by atoms with Crippen molar-refractivity contribution >= 4 is 16.9 Å². The number of amides is 1. The van der Waals surface area contributed by atoms with Crippen LogP contribution in [0.3, 0.4) is 0 Å². The van der Waals surface area contributed by atoms with Gasteiger partial charge in [0.2, 0.25) is 0 Å². The number of phenols is 1. The molecule has 0 aliphatic rings. The number of rotatable bonds is 1. The molecule has 0 saturated heterocycles. The topological polar surface area (TPSA) is 58.6 Å². The number of phenolic OH excluding ortho intramolecular Hbond substituents is 1. The Hall–Kier alpha value is -2.23. The third kappa shape index (κ3) is 1.91. The molecule has 0 fully saturated rings. The fourth-order valence-electron chi connectivity index (χ4n) is 1.50. The fourth-order valence-corrected chi connectivity index (χ4v) is 1.50. The van der Waals surface area contributed by atoms with Crippen LogP contribution in [0.1, 0.15) is 0 Å². The summed E-state index contributed by atoms with van der Waals surface area (Å²) in [6.45, 7) is 0. The molecule has 0 atom stereocenters. The van der Waals surface area contributed by atoms with Gasteiger partial charge in [-0.2, -0.15) is 0 Å². The first-order chi connectivity index (χ1) is 7.70. The van der Waals surface area contributed by atoms with Crippen molar-refractivity contribution in [3.8, 4) is 11.5 Å². The van der Waals surface area contributed by atoms with E-state index in [2.05, 4.69) is 5.32 Å². The molecule has 0 heterocycles. The van der Waals surface area contributed by atoms with E-state index < -0.39 is 6.09 Å². The lowest BCUT2D eigenvalue weighted by Crippen LogP contribution is -2.22.